The van der Waals surface area contributed by atoms with E-state index in [1.807, 2.05) is 13.0 Å². The summed E-state index contributed by atoms with van der Waals surface area (Å²) in [6.07, 6.45) is 6.05. The Balaban J connectivity index is 2.73. The average molecular weight is 257 g/mol. The molecule has 1 aromatic rings. The Bertz CT molecular complexity index is 340. The molecule has 0 atom stereocenters. The van der Waals surface area contributed by atoms with Crippen molar-refractivity contribution in [1.29, 1.82) is 0 Å². The summed E-state index contributed by atoms with van der Waals surface area (Å²) in [5, 5.41) is 0. The van der Waals surface area contributed by atoms with Gasteiger partial charge in [0.2, 0.25) is 0 Å². The molecule has 1 rings (SSSR count). The highest BCUT2D eigenvalue weighted by atomic mass is 79.9. The maximum Gasteiger partial charge on any atom is 0.173 e. The van der Waals surface area contributed by atoms with Gasteiger partial charge in [0.05, 0.1) is 8.66 Å². The van der Waals surface area contributed by atoms with Crippen LogP contribution in [0.3, 0.4) is 0 Å². The second-order valence-corrected chi connectivity index (χ2v) is 5.06. The van der Waals surface area contributed by atoms with Gasteiger partial charge in [0, 0.05) is 12.8 Å². The van der Waals surface area contributed by atoms with Gasteiger partial charge in [0.25, 0.3) is 0 Å². The van der Waals surface area contributed by atoms with Gasteiger partial charge in [-0.3, -0.25) is 4.79 Å². The lowest BCUT2D eigenvalue weighted by Gasteiger charge is -1.90. The predicted octanol–water partition coefficient (Wildman–Crippen LogP) is 3.42. The molecule has 0 saturated carbocycles. The molecule has 0 bridgehead atoms. The zero-order valence-electron chi connectivity index (χ0n) is 7.26. The largest absolute Gasteiger partial charge is 0.293 e. The van der Waals surface area contributed by atoms with E-state index in [0.717, 1.165) is 14.2 Å². The van der Waals surface area contributed by atoms with Crippen molar-refractivity contribution in [2.24, 2.45) is 0 Å². The van der Waals surface area contributed by atoms with Crippen LogP contribution in [0.25, 0.3) is 0 Å². The van der Waals surface area contributed by atoms with E-state index in [4.69, 9.17) is 6.42 Å². The number of hydrogen-bond donors (Lipinski definition) is 0. The van der Waals surface area contributed by atoms with Crippen LogP contribution in [0.2, 0.25) is 0 Å². The number of Topliss-reactive ketones (excluding diaryl/α,β-unsaturated/α-hetero) is 1. The third kappa shape index (κ3) is 2.68. The van der Waals surface area contributed by atoms with Crippen molar-refractivity contribution < 1.29 is 4.79 Å². The van der Waals surface area contributed by atoms with Gasteiger partial charge in [0.15, 0.2) is 5.78 Å². The van der Waals surface area contributed by atoms with E-state index in [0.29, 0.717) is 12.8 Å². The Morgan fingerprint density at radius 2 is 2.46 bits per heavy atom. The smallest absolute Gasteiger partial charge is 0.173 e. The maximum absolute atomic E-state index is 11.5. The van der Waals surface area contributed by atoms with E-state index < -0.39 is 0 Å². The van der Waals surface area contributed by atoms with Crippen LogP contribution >= 0.6 is 27.3 Å². The molecule has 0 spiro atoms. The van der Waals surface area contributed by atoms with Crippen LogP contribution in [0.4, 0.5) is 0 Å². The Morgan fingerprint density at radius 3 is 2.92 bits per heavy atom. The third-order valence-electron chi connectivity index (χ3n) is 1.63. The number of halogens is 1. The molecule has 1 heterocycles. The molecule has 13 heavy (non-hydrogen) atoms. The number of hydrogen-bond acceptors (Lipinski definition) is 2. The van der Waals surface area contributed by atoms with Gasteiger partial charge >= 0.3 is 0 Å². The molecular weight excluding hydrogens is 248 g/mol. The molecule has 0 aliphatic carbocycles. The molecule has 0 N–H and O–H groups in total. The number of carbonyl (C=O) groups excluding carboxylic acids is 1. The van der Waals surface area contributed by atoms with Gasteiger partial charge in [-0.05, 0) is 34.5 Å². The average Bonchev–Trinajstić information content (AvgIpc) is 2.43. The SMILES string of the molecule is C#CCCC(=O)c1cc(C)c(Br)s1. The minimum Gasteiger partial charge on any atom is -0.293 e. The molecule has 0 saturated heterocycles. The summed E-state index contributed by atoms with van der Waals surface area (Å²) in [6.45, 7) is 1.97. The maximum atomic E-state index is 11.5. The molecule has 0 amide bonds. The molecule has 0 aromatic carbocycles. The van der Waals surface area contributed by atoms with Gasteiger partial charge in [-0.1, -0.05) is 0 Å². The Labute approximate surface area is 90.3 Å². The van der Waals surface area contributed by atoms with Gasteiger partial charge in [-0.15, -0.1) is 23.7 Å². The molecule has 68 valence electrons. The molecular formula is C10H9BrOS. The first-order valence-corrected chi connectivity index (χ1v) is 5.48. The normalized spacial score (nSPS) is 9.62. The number of aryl methyl sites for hydroxylation is 1. The zero-order chi connectivity index (χ0) is 9.84. The minimum absolute atomic E-state index is 0.136. The van der Waals surface area contributed by atoms with Crippen LogP contribution in [-0.4, -0.2) is 5.78 Å². The highest BCUT2D eigenvalue weighted by Gasteiger charge is 2.09. The molecule has 0 fully saturated rings. The summed E-state index contributed by atoms with van der Waals surface area (Å²) >= 11 is 4.85. The predicted molar refractivity (Wildman–Crippen MR) is 59.2 cm³/mol. The van der Waals surface area contributed by atoms with Crippen molar-refractivity contribution in [3.63, 3.8) is 0 Å². The van der Waals surface area contributed by atoms with Crippen LogP contribution in [0.15, 0.2) is 9.85 Å². The molecule has 0 aliphatic rings. The summed E-state index contributed by atoms with van der Waals surface area (Å²) < 4.78 is 1.02. The Morgan fingerprint density at radius 1 is 1.77 bits per heavy atom. The quantitative estimate of drug-likeness (QED) is 0.599. The van der Waals surface area contributed by atoms with Crippen LogP contribution in [0.1, 0.15) is 28.1 Å². The van der Waals surface area contributed by atoms with Crippen LogP contribution in [0, 0.1) is 19.3 Å². The number of ketones is 1. The highest BCUT2D eigenvalue weighted by molar-refractivity contribution is 9.11. The number of thiophene rings is 1. The van der Waals surface area contributed by atoms with Crippen molar-refractivity contribution in [2.75, 3.05) is 0 Å². The summed E-state index contributed by atoms with van der Waals surface area (Å²) in [7, 11) is 0. The van der Waals surface area contributed by atoms with Crippen molar-refractivity contribution in [3.05, 3.63) is 20.3 Å². The first-order valence-electron chi connectivity index (χ1n) is 3.87. The number of rotatable bonds is 3. The zero-order valence-corrected chi connectivity index (χ0v) is 9.67. The van der Waals surface area contributed by atoms with Crippen LogP contribution < -0.4 is 0 Å². The molecule has 0 aliphatic heterocycles. The van der Waals surface area contributed by atoms with Gasteiger partial charge < -0.3 is 0 Å². The minimum atomic E-state index is 0.136. The topological polar surface area (TPSA) is 17.1 Å². The van der Waals surface area contributed by atoms with Gasteiger partial charge in [-0.2, -0.15) is 0 Å². The molecule has 0 unspecified atom stereocenters. The highest BCUT2D eigenvalue weighted by Crippen LogP contribution is 2.28. The van der Waals surface area contributed by atoms with Gasteiger partial charge in [-0.25, -0.2) is 0 Å². The fourth-order valence-corrected chi connectivity index (χ4v) is 2.41. The fourth-order valence-electron chi connectivity index (χ4n) is 0.906. The van der Waals surface area contributed by atoms with Crippen LogP contribution in [-0.2, 0) is 0 Å². The summed E-state index contributed by atoms with van der Waals surface area (Å²) in [5.41, 5.74) is 1.11. The van der Waals surface area contributed by atoms with E-state index in [1.54, 1.807) is 0 Å². The molecule has 1 aromatic heterocycles. The Kier molecular flexibility index (Phi) is 3.71. The van der Waals surface area contributed by atoms with Crippen LogP contribution in [0.5, 0.6) is 0 Å². The number of terminal acetylenes is 1. The molecule has 3 heteroatoms. The van der Waals surface area contributed by atoms with E-state index in [1.165, 1.54) is 11.3 Å². The summed E-state index contributed by atoms with van der Waals surface area (Å²) in [5.74, 6) is 2.60. The lowest BCUT2D eigenvalue weighted by Crippen LogP contribution is -1.93. The molecule has 0 radical (unpaired) electrons. The lowest BCUT2D eigenvalue weighted by atomic mass is 10.2. The first-order chi connectivity index (χ1) is 6.15. The Hall–Kier alpha value is -0.590. The fraction of sp³-hybridized carbons (Fsp3) is 0.300. The number of carbonyl (C=O) groups is 1. The van der Waals surface area contributed by atoms with E-state index in [2.05, 4.69) is 21.9 Å². The van der Waals surface area contributed by atoms with E-state index >= 15 is 0 Å². The first kappa shape index (κ1) is 10.5. The second kappa shape index (κ2) is 4.59. The molecule has 1 nitrogen and oxygen atoms in total. The monoisotopic (exact) mass is 256 g/mol. The second-order valence-electron chi connectivity index (χ2n) is 2.69. The van der Waals surface area contributed by atoms with E-state index in [9.17, 15) is 4.79 Å². The third-order valence-corrected chi connectivity index (χ3v) is 3.81. The van der Waals surface area contributed by atoms with Gasteiger partial charge in [0.1, 0.15) is 0 Å². The van der Waals surface area contributed by atoms with Crippen molar-refractivity contribution in [1.82, 2.24) is 0 Å². The lowest BCUT2D eigenvalue weighted by molar-refractivity contribution is 0.0988. The van der Waals surface area contributed by atoms with Crippen molar-refractivity contribution in [3.8, 4) is 12.3 Å². The van der Waals surface area contributed by atoms with Crippen molar-refractivity contribution in [2.45, 2.75) is 19.8 Å². The van der Waals surface area contributed by atoms with Crippen molar-refractivity contribution >= 4 is 33.0 Å². The van der Waals surface area contributed by atoms with E-state index in [-0.39, 0.29) is 5.78 Å². The summed E-state index contributed by atoms with van der Waals surface area (Å²) in [6, 6.07) is 1.90. The summed E-state index contributed by atoms with van der Waals surface area (Å²) in [4.78, 5) is 12.3. The standard InChI is InChI=1S/C10H9BrOS/c1-3-4-5-8(12)9-6-7(2)10(11)13-9/h1,6H,4-5H2,2H3.